The monoisotopic (exact) mass is 312 g/mol. The largest absolute Gasteiger partial charge is 0.0905 e. The molecule has 3 rings (SSSR count). The van der Waals surface area contributed by atoms with E-state index >= 15 is 0 Å². The van der Waals surface area contributed by atoms with Gasteiger partial charge in [0, 0.05) is 0 Å². The van der Waals surface area contributed by atoms with Crippen molar-refractivity contribution in [1.82, 2.24) is 0 Å². The van der Waals surface area contributed by atoms with Crippen molar-refractivity contribution < 1.29 is 0 Å². The van der Waals surface area contributed by atoms with Gasteiger partial charge < -0.3 is 0 Å². The summed E-state index contributed by atoms with van der Waals surface area (Å²) in [5.74, 6) is 0.987. The second-order valence-corrected chi connectivity index (χ2v) is 6.67. The summed E-state index contributed by atoms with van der Waals surface area (Å²) in [6, 6.07) is 20.8. The van der Waals surface area contributed by atoms with Crippen molar-refractivity contribution in [2.45, 2.75) is 13.8 Å². The molecule has 120 valence electrons. The molecule has 0 N–H and O–H groups in total. The van der Waals surface area contributed by atoms with Crippen molar-refractivity contribution in [3.8, 4) is 0 Å². The van der Waals surface area contributed by atoms with Crippen molar-refractivity contribution in [3.05, 3.63) is 108 Å². The molecular weight excluding hydrogens is 288 g/mol. The summed E-state index contributed by atoms with van der Waals surface area (Å²) in [4.78, 5) is 0. The van der Waals surface area contributed by atoms with Crippen LogP contribution in [0.25, 0.3) is 11.1 Å². The average molecular weight is 312 g/mol. The Balaban J connectivity index is 2.00. The summed E-state index contributed by atoms with van der Waals surface area (Å²) in [6.45, 7) is 13.3. The van der Waals surface area contributed by atoms with E-state index in [0.29, 0.717) is 11.8 Å². The highest BCUT2D eigenvalue weighted by Gasteiger charge is 2.24. The Bertz CT molecular complexity index is 734. The van der Waals surface area contributed by atoms with Crippen LogP contribution in [-0.2, 0) is 0 Å². The highest BCUT2D eigenvalue weighted by molar-refractivity contribution is 5.94. The predicted molar refractivity (Wildman–Crippen MR) is 105 cm³/mol. The Morgan fingerprint density at radius 3 is 1.42 bits per heavy atom. The topological polar surface area (TPSA) is 0 Å². The van der Waals surface area contributed by atoms with Crippen LogP contribution in [0.2, 0.25) is 0 Å². The van der Waals surface area contributed by atoms with Crippen LogP contribution < -0.4 is 0 Å². The maximum Gasteiger partial charge on any atom is -0.00116 e. The first-order valence-electron chi connectivity index (χ1n) is 8.51. The Kier molecular flexibility index (Phi) is 4.66. The van der Waals surface area contributed by atoms with Crippen LogP contribution >= 0.6 is 0 Å². The SMILES string of the molecule is C=C(C1=CC(C(C)C)C=C1C(=C)c1ccccc1)c1ccccc1. The third kappa shape index (κ3) is 3.19. The lowest BCUT2D eigenvalue weighted by Gasteiger charge is -2.14. The Labute approximate surface area is 145 Å². The third-order valence-corrected chi connectivity index (χ3v) is 4.67. The normalized spacial score (nSPS) is 14.5. The number of rotatable bonds is 5. The van der Waals surface area contributed by atoms with Crippen molar-refractivity contribution in [2.75, 3.05) is 0 Å². The van der Waals surface area contributed by atoms with Gasteiger partial charge in [0.25, 0.3) is 0 Å². The maximum atomic E-state index is 4.38. The molecule has 0 saturated carbocycles. The van der Waals surface area contributed by atoms with Crippen molar-refractivity contribution in [3.63, 3.8) is 0 Å². The van der Waals surface area contributed by atoms with Crippen molar-refractivity contribution in [1.29, 1.82) is 0 Å². The summed E-state index contributed by atoms with van der Waals surface area (Å²) in [5, 5.41) is 0. The molecule has 2 aromatic carbocycles. The lowest BCUT2D eigenvalue weighted by atomic mass is 9.89. The number of benzene rings is 2. The molecule has 0 bridgehead atoms. The molecule has 0 radical (unpaired) electrons. The smallest absolute Gasteiger partial charge is 0.00116 e. The first-order chi connectivity index (χ1) is 11.6. The van der Waals surface area contributed by atoms with Gasteiger partial charge in [0.15, 0.2) is 0 Å². The molecule has 0 amide bonds. The van der Waals surface area contributed by atoms with Gasteiger partial charge in [-0.1, -0.05) is 99.8 Å². The van der Waals surface area contributed by atoms with Crippen LogP contribution in [0.5, 0.6) is 0 Å². The minimum Gasteiger partial charge on any atom is -0.0905 e. The third-order valence-electron chi connectivity index (χ3n) is 4.67. The Morgan fingerprint density at radius 2 is 1.08 bits per heavy atom. The van der Waals surface area contributed by atoms with Gasteiger partial charge in [-0.05, 0) is 45.3 Å². The van der Waals surface area contributed by atoms with Crippen LogP contribution in [0.3, 0.4) is 0 Å². The summed E-state index contributed by atoms with van der Waals surface area (Å²) in [5.41, 5.74) is 6.91. The van der Waals surface area contributed by atoms with Crippen LogP contribution in [0.1, 0.15) is 25.0 Å². The fourth-order valence-electron chi connectivity index (χ4n) is 3.11. The van der Waals surface area contributed by atoms with E-state index in [-0.39, 0.29) is 0 Å². The van der Waals surface area contributed by atoms with Crippen LogP contribution in [0, 0.1) is 11.8 Å². The van der Waals surface area contributed by atoms with Gasteiger partial charge in [-0.15, -0.1) is 0 Å². The number of hydrogen-bond donors (Lipinski definition) is 0. The molecule has 0 nitrogen and oxygen atoms in total. The van der Waals surface area contributed by atoms with Crippen molar-refractivity contribution in [2.24, 2.45) is 11.8 Å². The number of hydrogen-bond acceptors (Lipinski definition) is 0. The van der Waals surface area contributed by atoms with Gasteiger partial charge in [-0.2, -0.15) is 0 Å². The molecule has 24 heavy (non-hydrogen) atoms. The fourth-order valence-corrected chi connectivity index (χ4v) is 3.11. The average Bonchev–Trinajstić information content (AvgIpc) is 3.07. The highest BCUT2D eigenvalue weighted by Crippen LogP contribution is 2.41. The molecule has 1 aliphatic rings. The van der Waals surface area contributed by atoms with Gasteiger partial charge in [0.2, 0.25) is 0 Å². The summed E-state index contributed by atoms with van der Waals surface area (Å²) >= 11 is 0. The van der Waals surface area contributed by atoms with E-state index in [1.807, 2.05) is 12.1 Å². The molecule has 1 aliphatic carbocycles. The van der Waals surface area contributed by atoms with E-state index < -0.39 is 0 Å². The molecule has 0 heterocycles. The second-order valence-electron chi connectivity index (χ2n) is 6.67. The summed E-state index contributed by atoms with van der Waals surface area (Å²) in [6.07, 6.45) is 4.70. The zero-order valence-electron chi connectivity index (χ0n) is 14.5. The summed E-state index contributed by atoms with van der Waals surface area (Å²) in [7, 11) is 0. The second kappa shape index (κ2) is 6.88. The minimum atomic E-state index is 0.427. The molecule has 0 fully saturated rings. The van der Waals surface area contributed by atoms with E-state index in [9.17, 15) is 0 Å². The van der Waals surface area contributed by atoms with Gasteiger partial charge >= 0.3 is 0 Å². The lowest BCUT2D eigenvalue weighted by molar-refractivity contribution is 0.554. The van der Waals surface area contributed by atoms with Crippen LogP contribution in [0.15, 0.2) is 97.1 Å². The molecule has 0 unspecified atom stereocenters. The van der Waals surface area contributed by atoms with Gasteiger partial charge in [0.05, 0.1) is 0 Å². The van der Waals surface area contributed by atoms with Gasteiger partial charge in [0.1, 0.15) is 0 Å². The molecule has 2 aromatic rings. The van der Waals surface area contributed by atoms with E-state index in [4.69, 9.17) is 0 Å². The maximum absolute atomic E-state index is 4.38. The molecule has 0 atom stereocenters. The van der Waals surface area contributed by atoms with Crippen molar-refractivity contribution >= 4 is 11.1 Å². The van der Waals surface area contributed by atoms with Gasteiger partial charge in [-0.25, -0.2) is 0 Å². The molecule has 0 aromatic heterocycles. The Morgan fingerprint density at radius 1 is 0.708 bits per heavy atom. The molecule has 0 saturated heterocycles. The van der Waals surface area contributed by atoms with Gasteiger partial charge in [-0.3, -0.25) is 0 Å². The van der Waals surface area contributed by atoms with Crippen LogP contribution in [0.4, 0.5) is 0 Å². The fraction of sp³-hybridized carbons (Fsp3) is 0.167. The number of allylic oxidation sites excluding steroid dienone is 6. The lowest BCUT2D eigenvalue weighted by Crippen LogP contribution is -1.99. The molecular formula is C24H24. The zero-order valence-corrected chi connectivity index (χ0v) is 14.5. The van der Waals surface area contributed by atoms with E-state index in [2.05, 4.69) is 87.7 Å². The predicted octanol–water partition coefficient (Wildman–Crippen LogP) is 6.55. The first-order valence-corrected chi connectivity index (χ1v) is 8.51. The molecule has 0 aliphatic heterocycles. The Hall–Kier alpha value is -2.60. The zero-order chi connectivity index (χ0) is 17.1. The molecule has 0 heteroatoms. The minimum absolute atomic E-state index is 0.427. The van der Waals surface area contributed by atoms with E-state index in [0.717, 1.165) is 11.1 Å². The van der Waals surface area contributed by atoms with Crippen LogP contribution in [-0.4, -0.2) is 0 Å². The highest BCUT2D eigenvalue weighted by atomic mass is 14.3. The first kappa shape index (κ1) is 16.3. The quantitative estimate of drug-likeness (QED) is 0.587. The van der Waals surface area contributed by atoms with E-state index in [1.54, 1.807) is 0 Å². The van der Waals surface area contributed by atoms with E-state index in [1.165, 1.54) is 22.3 Å². The summed E-state index contributed by atoms with van der Waals surface area (Å²) < 4.78 is 0. The standard InChI is InChI=1S/C24H24/c1-17(2)22-15-23(18(3)20-11-7-5-8-12-20)24(16-22)19(4)21-13-9-6-10-14-21/h5-17,22H,3-4H2,1-2H3. The molecule has 0 spiro atoms.